The molecule has 2 aliphatic heterocycles. The van der Waals surface area contributed by atoms with Gasteiger partial charge in [-0.05, 0) is 26.0 Å². The Hall–Kier alpha value is -2.58. The maximum absolute atomic E-state index is 13.0. The van der Waals surface area contributed by atoms with Crippen LogP contribution in [0.5, 0.6) is 0 Å². The largest absolute Gasteiger partial charge is 0.372 e. The summed E-state index contributed by atoms with van der Waals surface area (Å²) in [6, 6.07) is 7.85. The molecule has 4 rings (SSSR count). The number of hydrogen-bond donors (Lipinski definition) is 1. The lowest BCUT2D eigenvalue weighted by Gasteiger charge is -2.38. The number of morpholine rings is 2. The number of aromatic nitrogens is 2. The number of hydrogen-bond acceptors (Lipinski definition) is 5. The maximum Gasteiger partial charge on any atom is 0.322 e. The number of para-hydroxylation sites is 2. The molecule has 29 heavy (non-hydrogen) atoms. The van der Waals surface area contributed by atoms with Crippen LogP contribution in [-0.2, 0) is 16.5 Å². The van der Waals surface area contributed by atoms with Crippen molar-refractivity contribution in [3.63, 3.8) is 0 Å². The predicted molar refractivity (Wildman–Crippen MR) is 111 cm³/mol. The number of rotatable bonds is 3. The molecule has 2 amide bonds. The van der Waals surface area contributed by atoms with Crippen molar-refractivity contribution >= 4 is 17.4 Å². The van der Waals surface area contributed by atoms with E-state index in [9.17, 15) is 4.79 Å². The topological polar surface area (TPSA) is 71.9 Å². The second-order valence-corrected chi connectivity index (χ2v) is 7.86. The van der Waals surface area contributed by atoms with Gasteiger partial charge in [-0.15, -0.1) is 0 Å². The lowest BCUT2D eigenvalue weighted by Crippen LogP contribution is -2.46. The number of carbonyl (C=O) groups excluding carboxylic acids is 1. The summed E-state index contributed by atoms with van der Waals surface area (Å²) in [6.45, 7) is 7.34. The molecule has 8 nitrogen and oxygen atoms in total. The highest BCUT2D eigenvalue weighted by molar-refractivity contribution is 5.93. The molecule has 2 aliphatic rings. The summed E-state index contributed by atoms with van der Waals surface area (Å²) in [5, 5.41) is 7.32. The molecule has 156 valence electrons. The summed E-state index contributed by atoms with van der Waals surface area (Å²) in [7, 11) is 1.88. The van der Waals surface area contributed by atoms with Crippen LogP contribution >= 0.6 is 0 Å². The SMILES string of the molecule is CC1CN(c2ccccc2NC(=O)N2CCOC(c3cnn(C)c3)C2)CC(C)O1. The fourth-order valence-electron chi connectivity index (χ4n) is 4.07. The summed E-state index contributed by atoms with van der Waals surface area (Å²) in [5.41, 5.74) is 2.84. The molecule has 1 aromatic carbocycles. The van der Waals surface area contributed by atoms with Gasteiger partial charge in [-0.2, -0.15) is 5.10 Å². The molecule has 1 aromatic heterocycles. The van der Waals surface area contributed by atoms with E-state index < -0.39 is 0 Å². The van der Waals surface area contributed by atoms with Gasteiger partial charge < -0.3 is 24.6 Å². The van der Waals surface area contributed by atoms with Crippen LogP contribution in [0.4, 0.5) is 16.2 Å². The molecule has 1 N–H and O–H groups in total. The Morgan fingerprint density at radius 1 is 1.17 bits per heavy atom. The molecule has 0 aliphatic carbocycles. The standard InChI is InChI=1S/C21H29N5O3/c1-15-11-26(12-16(2)29-15)19-7-5-4-6-18(19)23-21(27)25-8-9-28-20(14-25)17-10-22-24(3)13-17/h4-7,10,13,15-16,20H,8-9,11-12,14H2,1-3H3,(H,23,27). The molecule has 2 fully saturated rings. The van der Waals surface area contributed by atoms with Crippen molar-refractivity contribution in [1.82, 2.24) is 14.7 Å². The summed E-state index contributed by atoms with van der Waals surface area (Å²) in [6.07, 6.45) is 3.88. The van der Waals surface area contributed by atoms with Gasteiger partial charge in [0.05, 0.1) is 42.9 Å². The van der Waals surface area contributed by atoms with Gasteiger partial charge in [-0.1, -0.05) is 12.1 Å². The average molecular weight is 399 g/mol. The molecular formula is C21H29N5O3. The van der Waals surface area contributed by atoms with Crippen LogP contribution < -0.4 is 10.2 Å². The van der Waals surface area contributed by atoms with Crippen molar-refractivity contribution in [2.45, 2.75) is 32.2 Å². The fourth-order valence-corrected chi connectivity index (χ4v) is 4.07. The molecule has 2 saturated heterocycles. The van der Waals surface area contributed by atoms with Gasteiger partial charge in [0.15, 0.2) is 0 Å². The minimum Gasteiger partial charge on any atom is -0.372 e. The third-order valence-corrected chi connectivity index (χ3v) is 5.36. The minimum absolute atomic E-state index is 0.107. The Labute approximate surface area is 171 Å². The van der Waals surface area contributed by atoms with E-state index in [0.717, 1.165) is 30.0 Å². The first kappa shape index (κ1) is 19.7. The van der Waals surface area contributed by atoms with E-state index in [4.69, 9.17) is 9.47 Å². The van der Waals surface area contributed by atoms with Gasteiger partial charge in [0.1, 0.15) is 6.10 Å². The Bertz CT molecular complexity index is 844. The van der Waals surface area contributed by atoms with Gasteiger partial charge in [-0.3, -0.25) is 4.68 Å². The first-order chi connectivity index (χ1) is 14.0. The third kappa shape index (κ3) is 4.54. The lowest BCUT2D eigenvalue weighted by molar-refractivity contribution is -0.0135. The number of carbonyl (C=O) groups is 1. The summed E-state index contributed by atoms with van der Waals surface area (Å²) in [5.74, 6) is 0. The summed E-state index contributed by atoms with van der Waals surface area (Å²) < 4.78 is 13.5. The molecule has 3 unspecified atom stereocenters. The molecule has 8 heteroatoms. The zero-order chi connectivity index (χ0) is 20.4. The minimum atomic E-state index is -0.153. The predicted octanol–water partition coefficient (Wildman–Crippen LogP) is 2.64. The van der Waals surface area contributed by atoms with E-state index in [2.05, 4.69) is 35.2 Å². The molecule has 0 radical (unpaired) electrons. The number of benzene rings is 1. The van der Waals surface area contributed by atoms with E-state index in [0.29, 0.717) is 19.7 Å². The second kappa shape index (κ2) is 8.42. The average Bonchev–Trinajstić information content (AvgIpc) is 3.14. The van der Waals surface area contributed by atoms with E-state index in [1.807, 2.05) is 36.3 Å². The number of amides is 2. The third-order valence-electron chi connectivity index (χ3n) is 5.36. The molecule has 0 saturated carbocycles. The number of urea groups is 1. The summed E-state index contributed by atoms with van der Waals surface area (Å²) in [4.78, 5) is 17.1. The van der Waals surface area contributed by atoms with Crippen molar-refractivity contribution in [1.29, 1.82) is 0 Å². The molecule has 3 heterocycles. The Kier molecular flexibility index (Phi) is 5.73. The number of aryl methyl sites for hydroxylation is 1. The van der Waals surface area contributed by atoms with Crippen LogP contribution in [-0.4, -0.2) is 65.7 Å². The second-order valence-electron chi connectivity index (χ2n) is 7.86. The van der Waals surface area contributed by atoms with Crippen LogP contribution in [0.1, 0.15) is 25.5 Å². The normalized spacial score (nSPS) is 25.1. The van der Waals surface area contributed by atoms with Gasteiger partial charge in [-0.25, -0.2) is 4.79 Å². The van der Waals surface area contributed by atoms with E-state index in [1.165, 1.54) is 0 Å². The van der Waals surface area contributed by atoms with Crippen molar-refractivity contribution < 1.29 is 14.3 Å². The van der Waals surface area contributed by atoms with Crippen LogP contribution in [0.3, 0.4) is 0 Å². The number of nitrogens with one attached hydrogen (secondary N) is 1. The molecule has 3 atom stereocenters. The van der Waals surface area contributed by atoms with E-state index >= 15 is 0 Å². The lowest BCUT2D eigenvalue weighted by atomic mass is 10.1. The molecule has 0 spiro atoms. The fraction of sp³-hybridized carbons (Fsp3) is 0.524. The molecule has 0 bridgehead atoms. The van der Waals surface area contributed by atoms with Crippen molar-refractivity contribution in [3.05, 3.63) is 42.2 Å². The maximum atomic E-state index is 13.0. The van der Waals surface area contributed by atoms with Crippen LogP contribution in [0, 0.1) is 0 Å². The number of anilines is 2. The molecule has 2 aromatic rings. The summed E-state index contributed by atoms with van der Waals surface area (Å²) >= 11 is 0. The Morgan fingerprint density at radius 2 is 1.93 bits per heavy atom. The number of nitrogens with zero attached hydrogens (tertiary/aromatic N) is 4. The van der Waals surface area contributed by atoms with Crippen molar-refractivity contribution in [2.75, 3.05) is 43.0 Å². The van der Waals surface area contributed by atoms with Gasteiger partial charge in [0, 0.05) is 38.4 Å². The Balaban J connectivity index is 1.46. The smallest absolute Gasteiger partial charge is 0.322 e. The zero-order valence-corrected chi connectivity index (χ0v) is 17.2. The van der Waals surface area contributed by atoms with Crippen LogP contribution in [0.25, 0.3) is 0 Å². The molecular weight excluding hydrogens is 370 g/mol. The van der Waals surface area contributed by atoms with Crippen molar-refractivity contribution in [3.8, 4) is 0 Å². The monoisotopic (exact) mass is 399 g/mol. The van der Waals surface area contributed by atoms with Crippen LogP contribution in [0.2, 0.25) is 0 Å². The highest BCUT2D eigenvalue weighted by Crippen LogP contribution is 2.29. The van der Waals surface area contributed by atoms with E-state index in [-0.39, 0.29) is 24.3 Å². The first-order valence-electron chi connectivity index (χ1n) is 10.1. The van der Waals surface area contributed by atoms with Gasteiger partial charge in [0.2, 0.25) is 0 Å². The van der Waals surface area contributed by atoms with Gasteiger partial charge >= 0.3 is 6.03 Å². The highest BCUT2D eigenvalue weighted by atomic mass is 16.5. The Morgan fingerprint density at radius 3 is 2.66 bits per heavy atom. The van der Waals surface area contributed by atoms with Gasteiger partial charge in [0.25, 0.3) is 0 Å². The zero-order valence-electron chi connectivity index (χ0n) is 17.2. The quantitative estimate of drug-likeness (QED) is 0.859. The highest BCUT2D eigenvalue weighted by Gasteiger charge is 2.28. The van der Waals surface area contributed by atoms with E-state index in [1.54, 1.807) is 10.9 Å². The number of ether oxygens (including phenoxy) is 2. The van der Waals surface area contributed by atoms with Crippen molar-refractivity contribution in [2.24, 2.45) is 7.05 Å². The van der Waals surface area contributed by atoms with Crippen LogP contribution in [0.15, 0.2) is 36.7 Å². The first-order valence-corrected chi connectivity index (χ1v) is 10.1.